The number of ether oxygens (including phenoxy) is 1. The van der Waals surface area contributed by atoms with Crippen LogP contribution in [0.2, 0.25) is 0 Å². The van der Waals surface area contributed by atoms with E-state index >= 15 is 0 Å². The molecule has 1 aromatic carbocycles. The quantitative estimate of drug-likeness (QED) is 0.587. The Hall–Kier alpha value is -1.20. The Labute approximate surface area is 125 Å². The molecule has 0 aliphatic heterocycles. The van der Waals surface area contributed by atoms with Crippen molar-refractivity contribution in [1.29, 1.82) is 0 Å². The molecule has 1 aromatic rings. The lowest BCUT2D eigenvalue weighted by molar-refractivity contribution is -0.142. The molecule has 1 atom stereocenters. The summed E-state index contributed by atoms with van der Waals surface area (Å²) in [5.41, 5.74) is 1.00. The van der Waals surface area contributed by atoms with E-state index in [1.54, 1.807) is 6.92 Å². The number of rotatable bonds is 8. The van der Waals surface area contributed by atoms with Gasteiger partial charge >= 0.3 is 13.6 Å². The molecule has 1 N–H and O–H groups in total. The number of esters is 1. The molecular formula is C14H22NO5P. The van der Waals surface area contributed by atoms with Crippen LogP contribution in [-0.2, 0) is 29.7 Å². The molecule has 0 bridgehead atoms. The van der Waals surface area contributed by atoms with E-state index in [-0.39, 0.29) is 6.61 Å². The van der Waals surface area contributed by atoms with Crippen molar-refractivity contribution in [3.8, 4) is 0 Å². The first-order valence-electron chi connectivity index (χ1n) is 6.51. The summed E-state index contributed by atoms with van der Waals surface area (Å²) in [6.45, 7) is 3.26. The molecule has 0 spiro atoms. The molecule has 0 saturated carbocycles. The van der Waals surface area contributed by atoms with Gasteiger partial charge in [0.05, 0.1) is 0 Å². The zero-order valence-electron chi connectivity index (χ0n) is 12.8. The van der Waals surface area contributed by atoms with Gasteiger partial charge in [0.1, 0.15) is 6.61 Å². The highest BCUT2D eigenvalue weighted by Gasteiger charge is 2.47. The second-order valence-corrected chi connectivity index (χ2v) is 7.47. The van der Waals surface area contributed by atoms with Crippen molar-refractivity contribution in [3.05, 3.63) is 35.9 Å². The normalized spacial score (nSPS) is 14.5. The Kier molecular flexibility index (Phi) is 6.55. The molecule has 0 aromatic heterocycles. The zero-order chi connectivity index (χ0) is 15.9. The second kappa shape index (κ2) is 7.71. The Bertz CT molecular complexity index is 499. The van der Waals surface area contributed by atoms with Crippen LogP contribution in [0.1, 0.15) is 19.4 Å². The smallest absolute Gasteiger partial charge is 0.353 e. The van der Waals surface area contributed by atoms with Gasteiger partial charge in [-0.15, -0.1) is 0 Å². The van der Waals surface area contributed by atoms with Gasteiger partial charge in [-0.1, -0.05) is 30.3 Å². The predicted molar refractivity (Wildman–Crippen MR) is 79.9 cm³/mol. The van der Waals surface area contributed by atoms with Crippen molar-refractivity contribution >= 4 is 13.6 Å². The predicted octanol–water partition coefficient (Wildman–Crippen LogP) is 2.54. The third kappa shape index (κ3) is 4.64. The van der Waals surface area contributed by atoms with E-state index in [4.69, 9.17) is 13.8 Å². The number of benzene rings is 1. The minimum Gasteiger partial charge on any atom is -0.463 e. The van der Waals surface area contributed by atoms with E-state index in [2.05, 4.69) is 5.32 Å². The van der Waals surface area contributed by atoms with E-state index in [1.165, 1.54) is 21.1 Å². The van der Waals surface area contributed by atoms with Crippen LogP contribution in [0, 0.1) is 0 Å². The molecule has 1 unspecified atom stereocenters. The highest BCUT2D eigenvalue weighted by molar-refractivity contribution is 7.55. The number of carbonyl (C=O) groups excluding carboxylic acids is 1. The number of carbonyl (C=O) groups is 1. The van der Waals surface area contributed by atoms with E-state index in [0.29, 0.717) is 6.54 Å². The molecule has 0 saturated heterocycles. The highest BCUT2D eigenvalue weighted by Crippen LogP contribution is 2.57. The summed E-state index contributed by atoms with van der Waals surface area (Å²) < 4.78 is 27.8. The molecular weight excluding hydrogens is 293 g/mol. The van der Waals surface area contributed by atoms with Gasteiger partial charge in [0, 0.05) is 27.7 Å². The van der Waals surface area contributed by atoms with Crippen molar-refractivity contribution in [1.82, 2.24) is 5.32 Å². The van der Waals surface area contributed by atoms with E-state index < -0.39 is 18.8 Å². The van der Waals surface area contributed by atoms with Crippen LogP contribution in [-0.4, -0.2) is 32.1 Å². The average molecular weight is 315 g/mol. The van der Waals surface area contributed by atoms with Gasteiger partial charge in [0.15, 0.2) is 5.28 Å². The van der Waals surface area contributed by atoms with Gasteiger partial charge in [-0.2, -0.15) is 0 Å². The topological polar surface area (TPSA) is 73.9 Å². The maximum absolute atomic E-state index is 12.7. The van der Waals surface area contributed by atoms with Gasteiger partial charge in [-0.05, 0) is 12.5 Å². The molecule has 0 heterocycles. The Morgan fingerprint density at radius 2 is 1.81 bits per heavy atom. The monoisotopic (exact) mass is 315 g/mol. The SMILES string of the molecule is COP(=O)(OC)C(C)(COC(C)=O)NCc1ccccc1. The maximum atomic E-state index is 12.7. The molecule has 118 valence electrons. The molecule has 0 radical (unpaired) electrons. The lowest BCUT2D eigenvalue weighted by atomic mass is 10.2. The number of hydrogen-bond donors (Lipinski definition) is 1. The molecule has 0 aliphatic carbocycles. The van der Waals surface area contributed by atoms with E-state index in [1.807, 2.05) is 30.3 Å². The lowest BCUT2D eigenvalue weighted by Gasteiger charge is -2.34. The van der Waals surface area contributed by atoms with Crippen molar-refractivity contribution in [2.45, 2.75) is 25.7 Å². The fourth-order valence-corrected chi connectivity index (χ4v) is 3.29. The summed E-state index contributed by atoms with van der Waals surface area (Å²) in [6.07, 6.45) is 0. The minimum atomic E-state index is -3.48. The Morgan fingerprint density at radius 3 is 2.29 bits per heavy atom. The van der Waals surface area contributed by atoms with Gasteiger partial charge in [0.2, 0.25) is 0 Å². The van der Waals surface area contributed by atoms with Gasteiger partial charge in [-0.25, -0.2) is 0 Å². The summed E-state index contributed by atoms with van der Waals surface area (Å²) in [7, 11) is -0.873. The molecule has 1 rings (SSSR count). The molecule has 0 fully saturated rings. The van der Waals surface area contributed by atoms with Gasteiger partial charge in [-0.3, -0.25) is 14.7 Å². The second-order valence-electron chi connectivity index (χ2n) is 4.76. The van der Waals surface area contributed by atoms with Crippen LogP contribution in [0.25, 0.3) is 0 Å². The largest absolute Gasteiger partial charge is 0.463 e. The first-order chi connectivity index (χ1) is 9.87. The first-order valence-corrected chi connectivity index (χ1v) is 8.05. The summed E-state index contributed by atoms with van der Waals surface area (Å²) in [5.74, 6) is -0.457. The van der Waals surface area contributed by atoms with Crippen LogP contribution >= 0.6 is 7.60 Å². The zero-order valence-corrected chi connectivity index (χ0v) is 13.7. The average Bonchev–Trinajstić information content (AvgIpc) is 2.51. The van der Waals surface area contributed by atoms with Crippen molar-refractivity contribution < 1.29 is 23.1 Å². The van der Waals surface area contributed by atoms with E-state index in [0.717, 1.165) is 5.56 Å². The van der Waals surface area contributed by atoms with Crippen molar-refractivity contribution in [3.63, 3.8) is 0 Å². The summed E-state index contributed by atoms with van der Waals surface area (Å²) in [5, 5.41) is 1.98. The van der Waals surface area contributed by atoms with Crippen molar-refractivity contribution in [2.75, 3.05) is 20.8 Å². The van der Waals surface area contributed by atoms with Gasteiger partial charge in [0.25, 0.3) is 0 Å². The number of hydrogen-bond acceptors (Lipinski definition) is 6. The third-order valence-electron chi connectivity index (χ3n) is 3.16. The molecule has 6 nitrogen and oxygen atoms in total. The molecule has 0 amide bonds. The summed E-state index contributed by atoms with van der Waals surface area (Å²) >= 11 is 0. The fraction of sp³-hybridized carbons (Fsp3) is 0.500. The Balaban J connectivity index is 2.90. The van der Waals surface area contributed by atoms with Crippen molar-refractivity contribution in [2.24, 2.45) is 0 Å². The van der Waals surface area contributed by atoms with E-state index in [9.17, 15) is 9.36 Å². The minimum absolute atomic E-state index is 0.117. The van der Waals surface area contributed by atoms with Gasteiger partial charge < -0.3 is 13.8 Å². The number of nitrogens with one attached hydrogen (secondary N) is 1. The van der Waals surface area contributed by atoms with Crippen LogP contribution in [0.4, 0.5) is 0 Å². The van der Waals surface area contributed by atoms with Crippen LogP contribution in [0.15, 0.2) is 30.3 Å². The molecule has 0 aliphatic rings. The fourth-order valence-electron chi connectivity index (χ4n) is 1.83. The Morgan fingerprint density at radius 1 is 1.24 bits per heavy atom. The molecule has 7 heteroatoms. The first kappa shape index (κ1) is 17.9. The lowest BCUT2D eigenvalue weighted by Crippen LogP contribution is -2.46. The van der Waals surface area contributed by atoms with Crippen LogP contribution in [0.5, 0.6) is 0 Å². The summed E-state index contributed by atoms with van der Waals surface area (Å²) in [6, 6.07) is 9.60. The third-order valence-corrected chi connectivity index (χ3v) is 5.62. The standard InChI is InChI=1S/C14H22NO5P/c1-12(16)20-11-14(2,21(17,18-3)19-4)15-10-13-8-6-5-7-9-13/h5-9,15H,10-11H2,1-4H3. The highest BCUT2D eigenvalue weighted by atomic mass is 31.2. The maximum Gasteiger partial charge on any atom is 0.353 e. The molecule has 21 heavy (non-hydrogen) atoms. The van der Waals surface area contributed by atoms with Crippen LogP contribution in [0.3, 0.4) is 0 Å². The summed E-state index contributed by atoms with van der Waals surface area (Å²) in [4.78, 5) is 11.0. The van der Waals surface area contributed by atoms with Crippen LogP contribution < -0.4 is 5.32 Å².